The third-order valence-corrected chi connectivity index (χ3v) is 8.87. The minimum absolute atomic E-state index is 0.196. The fraction of sp³-hybridized carbons (Fsp3) is 0.162. The van der Waals surface area contributed by atoms with Crippen LogP contribution in [0.25, 0.3) is 11.8 Å². The molecule has 232 valence electrons. The van der Waals surface area contributed by atoms with Gasteiger partial charge in [-0.2, -0.15) is 0 Å². The van der Waals surface area contributed by atoms with Crippen LogP contribution < -0.4 is 24.4 Å². The number of carbonyl (C=O) groups excluding carboxylic acids is 1. The second kappa shape index (κ2) is 14.1. The van der Waals surface area contributed by atoms with Gasteiger partial charge in [-0.15, -0.1) is 0 Å². The zero-order valence-corrected chi connectivity index (χ0v) is 27.7. The smallest absolute Gasteiger partial charge is 0.338 e. The molecule has 9 heteroatoms. The summed E-state index contributed by atoms with van der Waals surface area (Å²) in [5.41, 5.74) is 3.92. The van der Waals surface area contributed by atoms with Gasteiger partial charge in [-0.05, 0) is 60.9 Å². The first kappa shape index (κ1) is 31.3. The monoisotopic (exact) mass is 694 g/mol. The minimum atomic E-state index is -0.720. The van der Waals surface area contributed by atoms with Gasteiger partial charge in [-0.25, -0.2) is 9.79 Å². The molecule has 0 N–H and O–H groups in total. The number of hydrogen-bond acceptors (Lipinski definition) is 7. The average molecular weight is 696 g/mol. The lowest BCUT2D eigenvalue weighted by Gasteiger charge is -2.25. The van der Waals surface area contributed by atoms with Crippen LogP contribution in [0.2, 0.25) is 0 Å². The lowest BCUT2D eigenvalue weighted by Crippen LogP contribution is -2.39. The van der Waals surface area contributed by atoms with Gasteiger partial charge in [0.15, 0.2) is 16.3 Å². The quantitative estimate of drug-likeness (QED) is 0.153. The number of esters is 1. The number of rotatable bonds is 10. The molecule has 5 aromatic rings. The van der Waals surface area contributed by atoms with Crippen molar-refractivity contribution in [3.63, 3.8) is 0 Å². The van der Waals surface area contributed by atoms with Crippen molar-refractivity contribution in [3.05, 3.63) is 155 Å². The highest BCUT2D eigenvalue weighted by Gasteiger charge is 2.35. The molecule has 2 heterocycles. The number of nitrogens with zero attached hydrogens (tertiary/aromatic N) is 2. The molecule has 4 aromatic carbocycles. The van der Waals surface area contributed by atoms with Crippen LogP contribution in [0, 0.1) is 0 Å². The Labute approximate surface area is 278 Å². The van der Waals surface area contributed by atoms with Gasteiger partial charge in [0.05, 0.1) is 35.1 Å². The summed E-state index contributed by atoms with van der Waals surface area (Å²) in [5, 5.41) is 0. The summed E-state index contributed by atoms with van der Waals surface area (Å²) in [7, 11) is 0. The molecule has 0 bridgehead atoms. The highest BCUT2D eigenvalue weighted by Crippen LogP contribution is 2.35. The van der Waals surface area contributed by atoms with Crippen molar-refractivity contribution in [1.82, 2.24) is 4.57 Å². The van der Waals surface area contributed by atoms with Crippen LogP contribution >= 0.6 is 27.3 Å². The molecule has 0 unspecified atom stereocenters. The number of hydrogen-bond donors (Lipinski definition) is 0. The van der Waals surface area contributed by atoms with Gasteiger partial charge < -0.3 is 14.2 Å². The Morgan fingerprint density at radius 3 is 2.30 bits per heavy atom. The van der Waals surface area contributed by atoms with Crippen molar-refractivity contribution in [2.24, 2.45) is 4.99 Å². The van der Waals surface area contributed by atoms with Gasteiger partial charge in [0, 0.05) is 10.0 Å². The zero-order chi connectivity index (χ0) is 32.0. The molecule has 1 atom stereocenters. The van der Waals surface area contributed by atoms with E-state index in [1.165, 1.54) is 11.3 Å². The molecule has 1 aromatic heterocycles. The van der Waals surface area contributed by atoms with Crippen LogP contribution in [-0.4, -0.2) is 23.8 Å². The van der Waals surface area contributed by atoms with E-state index in [0.717, 1.165) is 26.7 Å². The predicted molar refractivity (Wildman–Crippen MR) is 184 cm³/mol. The van der Waals surface area contributed by atoms with Crippen molar-refractivity contribution in [2.75, 3.05) is 13.2 Å². The molecular formula is C37H31BrN2O5S. The van der Waals surface area contributed by atoms with Crippen LogP contribution in [0.3, 0.4) is 0 Å². The Morgan fingerprint density at radius 2 is 1.61 bits per heavy atom. The molecule has 0 saturated carbocycles. The predicted octanol–water partition coefficient (Wildman–Crippen LogP) is 6.68. The number of thiazole rings is 1. The third kappa shape index (κ3) is 6.61. The van der Waals surface area contributed by atoms with Crippen LogP contribution in [0.1, 0.15) is 42.1 Å². The first-order valence-electron chi connectivity index (χ1n) is 14.9. The maximum Gasteiger partial charge on any atom is 0.338 e. The molecule has 0 radical (unpaired) electrons. The van der Waals surface area contributed by atoms with E-state index >= 15 is 0 Å². The number of fused-ring (bicyclic) bond motifs is 1. The van der Waals surface area contributed by atoms with Gasteiger partial charge in [-0.1, -0.05) is 106 Å². The second-order valence-corrected chi connectivity index (χ2v) is 12.3. The van der Waals surface area contributed by atoms with Crippen molar-refractivity contribution in [3.8, 4) is 11.5 Å². The standard InChI is InChI=1S/C37H31BrN2O5S/c1-3-43-30-21-25(17-20-29(30)45-23-24-15-18-28(38)19-16-24)22-31-35(41)40-34(27-13-9-6-10-14-27)32(36(42)44-4-2)33(39-37(40)46-31)26-11-7-5-8-12-26/h5-22,34H,3-4,23H2,1-2H3/b31-22-/t34-/m1/s1. The van der Waals surface area contributed by atoms with Gasteiger partial charge in [0.2, 0.25) is 0 Å². The summed E-state index contributed by atoms with van der Waals surface area (Å²) >= 11 is 4.74. The molecule has 1 aliphatic rings. The zero-order valence-electron chi connectivity index (χ0n) is 25.3. The van der Waals surface area contributed by atoms with Crippen molar-refractivity contribution < 1.29 is 19.0 Å². The summed E-state index contributed by atoms with van der Waals surface area (Å²) in [6, 6.07) is 31.9. The van der Waals surface area contributed by atoms with Crippen LogP contribution in [0.4, 0.5) is 0 Å². The van der Waals surface area contributed by atoms with Crippen LogP contribution in [-0.2, 0) is 16.1 Å². The van der Waals surface area contributed by atoms with Gasteiger partial charge in [-0.3, -0.25) is 9.36 Å². The fourth-order valence-electron chi connectivity index (χ4n) is 5.29. The van der Waals surface area contributed by atoms with Crippen molar-refractivity contribution >= 4 is 45.0 Å². The molecule has 1 aliphatic heterocycles. The number of benzene rings is 4. The number of aromatic nitrogens is 1. The molecule has 0 spiro atoms. The molecular weight excluding hydrogens is 664 g/mol. The molecule has 0 fully saturated rings. The molecule has 0 saturated heterocycles. The van der Waals surface area contributed by atoms with Gasteiger partial charge >= 0.3 is 5.97 Å². The van der Waals surface area contributed by atoms with E-state index in [0.29, 0.717) is 45.3 Å². The van der Waals surface area contributed by atoms with E-state index < -0.39 is 12.0 Å². The molecule has 0 aliphatic carbocycles. The first-order chi connectivity index (χ1) is 22.5. The van der Waals surface area contributed by atoms with Crippen LogP contribution in [0.5, 0.6) is 11.5 Å². The van der Waals surface area contributed by atoms with Crippen LogP contribution in [0.15, 0.2) is 123 Å². The summed E-state index contributed by atoms with van der Waals surface area (Å²) in [6.07, 6.45) is 1.82. The average Bonchev–Trinajstić information content (AvgIpc) is 3.39. The Balaban J connectivity index is 1.46. The van der Waals surface area contributed by atoms with E-state index in [1.807, 2.05) is 116 Å². The lowest BCUT2D eigenvalue weighted by molar-refractivity contribution is -0.138. The SMILES string of the molecule is CCOC(=O)C1=C(c2ccccc2)N=c2s/c(=C\c3ccc(OCc4ccc(Br)cc4)c(OCC)c3)c(=O)n2[C@@H]1c1ccccc1. The highest BCUT2D eigenvalue weighted by atomic mass is 79.9. The number of carbonyl (C=O) groups is 1. The Hall–Kier alpha value is -4.73. The largest absolute Gasteiger partial charge is 0.490 e. The van der Waals surface area contributed by atoms with Crippen molar-refractivity contribution in [1.29, 1.82) is 0 Å². The summed E-state index contributed by atoms with van der Waals surface area (Å²) < 4.78 is 20.6. The summed E-state index contributed by atoms with van der Waals surface area (Å²) in [6.45, 7) is 4.72. The van der Waals surface area contributed by atoms with E-state index in [4.69, 9.17) is 19.2 Å². The maximum absolute atomic E-state index is 14.2. The first-order valence-corrected chi connectivity index (χ1v) is 16.5. The topological polar surface area (TPSA) is 79.1 Å². The third-order valence-electron chi connectivity index (χ3n) is 7.36. The maximum atomic E-state index is 14.2. The fourth-order valence-corrected chi connectivity index (χ4v) is 6.55. The molecule has 6 rings (SSSR count). The van der Waals surface area contributed by atoms with E-state index in [9.17, 15) is 9.59 Å². The van der Waals surface area contributed by atoms with E-state index in [2.05, 4.69) is 15.9 Å². The summed E-state index contributed by atoms with van der Waals surface area (Å²) in [4.78, 5) is 33.2. The lowest BCUT2D eigenvalue weighted by atomic mass is 9.93. The Morgan fingerprint density at radius 1 is 0.891 bits per heavy atom. The molecule has 7 nitrogen and oxygen atoms in total. The summed E-state index contributed by atoms with van der Waals surface area (Å²) in [5.74, 6) is 0.687. The molecule has 0 amide bonds. The number of ether oxygens (including phenoxy) is 3. The highest BCUT2D eigenvalue weighted by molar-refractivity contribution is 9.10. The second-order valence-electron chi connectivity index (χ2n) is 10.4. The van der Waals surface area contributed by atoms with Gasteiger partial charge in [0.1, 0.15) is 6.61 Å². The van der Waals surface area contributed by atoms with E-state index in [1.54, 1.807) is 11.5 Å². The minimum Gasteiger partial charge on any atom is -0.490 e. The normalized spacial score (nSPS) is 14.4. The molecule has 46 heavy (non-hydrogen) atoms. The Kier molecular flexibility index (Phi) is 9.61. The number of halogens is 1. The van der Waals surface area contributed by atoms with Crippen molar-refractivity contribution in [2.45, 2.75) is 26.5 Å². The van der Waals surface area contributed by atoms with E-state index in [-0.39, 0.29) is 12.2 Å². The van der Waals surface area contributed by atoms with Gasteiger partial charge in [0.25, 0.3) is 5.56 Å². The Bertz CT molecular complexity index is 2070.